The third kappa shape index (κ3) is 7.30. The molecule has 4 aromatic carbocycles. The summed E-state index contributed by atoms with van der Waals surface area (Å²) in [5.74, 6) is -1.47. The van der Waals surface area contributed by atoms with E-state index in [0.717, 1.165) is 46.2 Å². The molecule has 4 aromatic rings. The quantitative estimate of drug-likeness (QED) is 0.160. The largest absolute Gasteiger partial charge is 0.493 e. The van der Waals surface area contributed by atoms with Crippen LogP contribution in [0.15, 0.2) is 91.0 Å². The van der Waals surface area contributed by atoms with Crippen molar-refractivity contribution in [3.63, 3.8) is 0 Å². The number of benzene rings is 4. The molecule has 0 heterocycles. The molecule has 46 heavy (non-hydrogen) atoms. The number of hydrogen-bond acceptors (Lipinski definition) is 7. The van der Waals surface area contributed by atoms with E-state index in [1.807, 2.05) is 72.8 Å². The van der Waals surface area contributed by atoms with Crippen LogP contribution in [-0.4, -0.2) is 61.2 Å². The molecule has 4 N–H and O–H groups in total. The molecule has 0 aromatic heterocycles. The van der Waals surface area contributed by atoms with E-state index in [4.69, 9.17) is 14.2 Å². The van der Waals surface area contributed by atoms with E-state index in [9.17, 15) is 24.6 Å². The van der Waals surface area contributed by atoms with E-state index in [1.54, 1.807) is 32.4 Å². The first kappa shape index (κ1) is 32.1. The molecule has 5 rings (SSSR count). The van der Waals surface area contributed by atoms with Crippen molar-refractivity contribution in [2.75, 3.05) is 26.1 Å². The summed E-state index contributed by atoms with van der Waals surface area (Å²) in [4.78, 5) is 37.7. The van der Waals surface area contributed by atoms with E-state index in [0.29, 0.717) is 23.6 Å². The topological polar surface area (TPSA) is 143 Å². The molecular weight excluding hydrogens is 588 g/mol. The number of anilines is 1. The van der Waals surface area contributed by atoms with Crippen LogP contribution < -0.4 is 20.1 Å². The second-order valence-corrected chi connectivity index (χ2v) is 11.0. The minimum Gasteiger partial charge on any atom is -0.493 e. The molecule has 0 fully saturated rings. The number of rotatable bonds is 13. The summed E-state index contributed by atoms with van der Waals surface area (Å²) in [5.41, 5.74) is 6.53. The molecule has 0 aliphatic heterocycles. The van der Waals surface area contributed by atoms with E-state index in [-0.39, 0.29) is 12.5 Å². The van der Waals surface area contributed by atoms with Gasteiger partial charge in [0.15, 0.2) is 17.6 Å². The van der Waals surface area contributed by atoms with E-state index >= 15 is 0 Å². The number of carbonyl (C=O) groups excluding carboxylic acids is 2. The van der Waals surface area contributed by atoms with Crippen molar-refractivity contribution < 1.29 is 38.8 Å². The first-order valence-electron chi connectivity index (χ1n) is 14.9. The van der Waals surface area contributed by atoms with Gasteiger partial charge in [-0.2, -0.15) is 0 Å². The number of methoxy groups -OCH3 is 2. The summed E-state index contributed by atoms with van der Waals surface area (Å²) in [6, 6.07) is 26.7. The number of nitrogens with one attached hydrogen (secondary N) is 2. The Bertz CT molecular complexity index is 1680. The standard InChI is InChI=1S/C36H36N2O8/c1-44-30-18-17-23(20-31(30)45-2)10-7-9-22-11-8-12-24(19-22)37-34(40)32(33(39)35(41)42)38-36(43)46-21-29-27-15-5-3-13-25(27)26-14-4-6-16-28(26)29/h3-6,8,11-20,29,32-33,39H,7,9-10,21H2,1-2H3,(H,37,40)(H,38,43)(H,41,42). The second-order valence-electron chi connectivity index (χ2n) is 11.0. The predicted octanol–water partition coefficient (Wildman–Crippen LogP) is 5.17. The van der Waals surface area contributed by atoms with Gasteiger partial charge in [0.05, 0.1) is 14.2 Å². The van der Waals surface area contributed by atoms with Gasteiger partial charge >= 0.3 is 12.1 Å². The number of aliphatic hydroxyl groups excluding tert-OH is 1. The Labute approximate surface area is 266 Å². The Kier molecular flexibility index (Phi) is 10.2. The van der Waals surface area contributed by atoms with Crippen LogP contribution in [0.2, 0.25) is 0 Å². The highest BCUT2D eigenvalue weighted by Gasteiger charge is 2.35. The molecule has 1 aliphatic carbocycles. The van der Waals surface area contributed by atoms with Gasteiger partial charge in [-0.25, -0.2) is 9.59 Å². The van der Waals surface area contributed by atoms with Gasteiger partial charge in [-0.3, -0.25) is 4.79 Å². The number of carboxylic acids is 1. The monoisotopic (exact) mass is 624 g/mol. The van der Waals surface area contributed by atoms with Crippen LogP contribution in [0.1, 0.15) is 34.6 Å². The number of hydrogen-bond donors (Lipinski definition) is 4. The van der Waals surface area contributed by atoms with E-state index in [1.165, 1.54) is 0 Å². The summed E-state index contributed by atoms with van der Waals surface area (Å²) in [7, 11) is 3.18. The molecule has 2 unspecified atom stereocenters. The van der Waals surface area contributed by atoms with Crippen molar-refractivity contribution in [1.29, 1.82) is 0 Å². The Morgan fingerprint density at radius 2 is 1.41 bits per heavy atom. The van der Waals surface area contributed by atoms with Crippen molar-refractivity contribution in [2.24, 2.45) is 0 Å². The van der Waals surface area contributed by atoms with Crippen LogP contribution in [0, 0.1) is 0 Å². The van der Waals surface area contributed by atoms with Crippen LogP contribution in [0.5, 0.6) is 11.5 Å². The molecule has 0 saturated heterocycles. The number of aliphatic hydroxyl groups is 1. The molecule has 238 valence electrons. The smallest absolute Gasteiger partial charge is 0.407 e. The lowest BCUT2D eigenvalue weighted by Gasteiger charge is -2.22. The van der Waals surface area contributed by atoms with Crippen molar-refractivity contribution >= 4 is 23.7 Å². The van der Waals surface area contributed by atoms with Gasteiger partial charge in [-0.05, 0) is 76.9 Å². The number of carbonyl (C=O) groups is 3. The zero-order chi connectivity index (χ0) is 32.6. The molecule has 0 saturated carbocycles. The van der Waals surface area contributed by atoms with Crippen molar-refractivity contribution in [2.45, 2.75) is 37.3 Å². The molecule has 1 aliphatic rings. The Balaban J connectivity index is 1.19. The maximum atomic E-state index is 13.2. The van der Waals surface area contributed by atoms with Crippen molar-refractivity contribution in [3.05, 3.63) is 113 Å². The van der Waals surface area contributed by atoms with Crippen LogP contribution in [0.4, 0.5) is 10.5 Å². The van der Waals surface area contributed by atoms with Crippen molar-refractivity contribution in [1.82, 2.24) is 5.32 Å². The Hall–Kier alpha value is -5.35. The summed E-state index contributed by atoms with van der Waals surface area (Å²) >= 11 is 0. The third-order valence-corrected chi connectivity index (χ3v) is 8.04. The average molecular weight is 625 g/mol. The molecule has 0 spiro atoms. The fourth-order valence-electron chi connectivity index (χ4n) is 5.75. The number of carboxylic acid groups (broad SMARTS) is 1. The molecule has 0 radical (unpaired) electrons. The summed E-state index contributed by atoms with van der Waals surface area (Å²) in [6.45, 7) is -0.0390. The highest BCUT2D eigenvalue weighted by molar-refractivity contribution is 6.00. The van der Waals surface area contributed by atoms with Gasteiger partial charge in [0, 0.05) is 11.6 Å². The highest BCUT2D eigenvalue weighted by Crippen LogP contribution is 2.44. The van der Waals surface area contributed by atoms with E-state index in [2.05, 4.69) is 10.6 Å². The normalized spacial score (nSPS) is 13.1. The number of alkyl carbamates (subject to hydrolysis) is 1. The molecule has 10 nitrogen and oxygen atoms in total. The first-order valence-corrected chi connectivity index (χ1v) is 14.9. The molecule has 2 atom stereocenters. The molecular formula is C36H36N2O8. The number of ether oxygens (including phenoxy) is 3. The van der Waals surface area contributed by atoms with Crippen LogP contribution >= 0.6 is 0 Å². The Morgan fingerprint density at radius 3 is 2.04 bits per heavy atom. The van der Waals surface area contributed by atoms with E-state index < -0.39 is 30.1 Å². The van der Waals surface area contributed by atoms with Gasteiger partial charge in [0.25, 0.3) is 0 Å². The van der Waals surface area contributed by atoms with Crippen molar-refractivity contribution in [3.8, 4) is 22.6 Å². The number of aryl methyl sites for hydroxylation is 2. The zero-order valence-corrected chi connectivity index (χ0v) is 25.6. The summed E-state index contributed by atoms with van der Waals surface area (Å²) in [5, 5.41) is 24.7. The summed E-state index contributed by atoms with van der Waals surface area (Å²) < 4.78 is 16.2. The first-order chi connectivity index (χ1) is 22.3. The maximum Gasteiger partial charge on any atom is 0.407 e. The third-order valence-electron chi connectivity index (χ3n) is 8.04. The van der Waals surface area contributed by atoms with Crippen LogP contribution in [-0.2, 0) is 27.2 Å². The number of aliphatic carboxylic acids is 1. The number of fused-ring (bicyclic) bond motifs is 3. The summed E-state index contributed by atoms with van der Waals surface area (Å²) in [6.07, 6.45) is -0.918. The molecule has 10 heteroatoms. The van der Waals surface area contributed by atoms with Gasteiger partial charge in [0.2, 0.25) is 5.91 Å². The SMILES string of the molecule is COc1ccc(CCCc2cccc(NC(=O)C(NC(=O)OCC3c4ccccc4-c4ccccc43)C(O)C(=O)O)c2)cc1OC. The van der Waals surface area contributed by atoms with Gasteiger partial charge in [-0.1, -0.05) is 66.7 Å². The Morgan fingerprint density at radius 1 is 0.783 bits per heavy atom. The van der Waals surface area contributed by atoms with Gasteiger partial charge < -0.3 is 35.1 Å². The van der Waals surface area contributed by atoms with Gasteiger partial charge in [-0.15, -0.1) is 0 Å². The minimum absolute atomic E-state index is 0.0390. The highest BCUT2D eigenvalue weighted by atomic mass is 16.5. The predicted molar refractivity (Wildman–Crippen MR) is 172 cm³/mol. The molecule has 0 bridgehead atoms. The van der Waals surface area contributed by atoms with Crippen LogP contribution in [0.25, 0.3) is 11.1 Å². The minimum atomic E-state index is -2.20. The fraction of sp³-hybridized carbons (Fsp3) is 0.250. The lowest BCUT2D eigenvalue weighted by molar-refractivity contribution is -0.150. The zero-order valence-electron chi connectivity index (χ0n) is 25.6. The fourth-order valence-corrected chi connectivity index (χ4v) is 5.75. The average Bonchev–Trinajstić information content (AvgIpc) is 3.39. The second kappa shape index (κ2) is 14.6. The lowest BCUT2D eigenvalue weighted by atomic mass is 9.98. The maximum absolute atomic E-state index is 13.2. The van der Waals surface area contributed by atoms with Crippen LogP contribution in [0.3, 0.4) is 0 Å². The molecule has 2 amide bonds. The lowest BCUT2D eigenvalue weighted by Crippen LogP contribution is -2.54. The van der Waals surface area contributed by atoms with Gasteiger partial charge in [0.1, 0.15) is 12.6 Å². The number of amides is 2.